The minimum Gasteiger partial charge on any atom is -0.346 e. The lowest BCUT2D eigenvalue weighted by Gasteiger charge is -2.22. The summed E-state index contributed by atoms with van der Waals surface area (Å²) in [4.78, 5) is 26.5. The third kappa shape index (κ3) is 3.04. The van der Waals surface area contributed by atoms with Crippen LogP contribution in [0.2, 0.25) is 0 Å². The van der Waals surface area contributed by atoms with Crippen molar-refractivity contribution in [1.82, 2.24) is 4.90 Å². The van der Waals surface area contributed by atoms with E-state index in [-0.39, 0.29) is 24.1 Å². The van der Waals surface area contributed by atoms with Gasteiger partial charge in [-0.3, -0.25) is 14.5 Å². The van der Waals surface area contributed by atoms with Crippen molar-refractivity contribution < 1.29 is 19.1 Å². The predicted octanol–water partition coefficient (Wildman–Crippen LogP) is 3.35. The Balaban J connectivity index is 1.43. The summed E-state index contributed by atoms with van der Waals surface area (Å²) >= 11 is 0. The van der Waals surface area contributed by atoms with Crippen LogP contribution in [0.1, 0.15) is 51.5 Å². The van der Waals surface area contributed by atoms with Crippen molar-refractivity contribution in [1.29, 1.82) is 0 Å². The SMILES string of the molecule is CC(CCc1cccc(C2OCCO2)c1)N1C(=O)c2ccccc2C1=O. The van der Waals surface area contributed by atoms with Crippen LogP contribution < -0.4 is 0 Å². The van der Waals surface area contributed by atoms with E-state index in [4.69, 9.17) is 9.47 Å². The maximum Gasteiger partial charge on any atom is 0.261 e. The van der Waals surface area contributed by atoms with E-state index in [0.29, 0.717) is 30.8 Å². The van der Waals surface area contributed by atoms with Gasteiger partial charge in [0, 0.05) is 11.6 Å². The quantitative estimate of drug-likeness (QED) is 0.775. The molecule has 1 fully saturated rings. The van der Waals surface area contributed by atoms with E-state index in [1.165, 1.54) is 4.90 Å². The average Bonchev–Trinajstić information content (AvgIpc) is 3.29. The number of nitrogens with zero attached hydrogens (tertiary/aromatic N) is 1. The highest BCUT2D eigenvalue weighted by Gasteiger charge is 2.37. The zero-order valence-electron chi connectivity index (χ0n) is 14.7. The molecule has 2 aliphatic rings. The lowest BCUT2D eigenvalue weighted by atomic mass is 10.0. The molecule has 0 spiro atoms. The summed E-state index contributed by atoms with van der Waals surface area (Å²) < 4.78 is 11.1. The second-order valence-corrected chi connectivity index (χ2v) is 6.73. The van der Waals surface area contributed by atoms with E-state index >= 15 is 0 Å². The summed E-state index contributed by atoms with van der Waals surface area (Å²) in [5.74, 6) is -0.390. The van der Waals surface area contributed by atoms with Gasteiger partial charge in [-0.15, -0.1) is 0 Å². The van der Waals surface area contributed by atoms with Crippen molar-refractivity contribution in [3.05, 3.63) is 70.8 Å². The van der Waals surface area contributed by atoms with Crippen molar-refractivity contribution in [3.8, 4) is 0 Å². The predicted molar refractivity (Wildman–Crippen MR) is 95.8 cm³/mol. The first-order valence-corrected chi connectivity index (χ1v) is 8.94. The van der Waals surface area contributed by atoms with Gasteiger partial charge in [0.05, 0.1) is 24.3 Å². The fraction of sp³-hybridized carbons (Fsp3) is 0.333. The van der Waals surface area contributed by atoms with E-state index < -0.39 is 0 Å². The van der Waals surface area contributed by atoms with Gasteiger partial charge in [0.15, 0.2) is 6.29 Å². The molecule has 1 atom stereocenters. The Morgan fingerprint density at radius 3 is 2.31 bits per heavy atom. The molecule has 5 nitrogen and oxygen atoms in total. The van der Waals surface area contributed by atoms with Gasteiger partial charge in [0.1, 0.15) is 0 Å². The smallest absolute Gasteiger partial charge is 0.261 e. The number of amides is 2. The maximum absolute atomic E-state index is 12.6. The Hall–Kier alpha value is -2.50. The lowest BCUT2D eigenvalue weighted by molar-refractivity contribution is -0.0441. The number of rotatable bonds is 5. The first-order chi connectivity index (χ1) is 12.6. The van der Waals surface area contributed by atoms with Crippen LogP contribution in [0.3, 0.4) is 0 Å². The number of ether oxygens (including phenoxy) is 2. The van der Waals surface area contributed by atoms with Gasteiger partial charge in [-0.05, 0) is 37.5 Å². The molecule has 26 heavy (non-hydrogen) atoms. The van der Waals surface area contributed by atoms with E-state index in [2.05, 4.69) is 6.07 Å². The first-order valence-electron chi connectivity index (χ1n) is 8.94. The third-order valence-electron chi connectivity index (χ3n) is 4.96. The molecule has 2 amide bonds. The molecule has 0 aromatic heterocycles. The largest absolute Gasteiger partial charge is 0.346 e. The van der Waals surface area contributed by atoms with Gasteiger partial charge in [0.2, 0.25) is 0 Å². The van der Waals surface area contributed by atoms with Crippen LogP contribution in [-0.2, 0) is 15.9 Å². The van der Waals surface area contributed by atoms with Gasteiger partial charge in [-0.25, -0.2) is 0 Å². The molecule has 0 saturated carbocycles. The highest BCUT2D eigenvalue weighted by atomic mass is 16.7. The van der Waals surface area contributed by atoms with Gasteiger partial charge in [-0.2, -0.15) is 0 Å². The molecule has 0 N–H and O–H groups in total. The number of carbonyl (C=O) groups excluding carboxylic acids is 2. The zero-order valence-corrected chi connectivity index (χ0v) is 14.7. The first kappa shape index (κ1) is 16.9. The number of aryl methyl sites for hydroxylation is 1. The minimum atomic E-state index is -0.288. The number of benzene rings is 2. The molecule has 5 heteroatoms. The molecule has 134 valence electrons. The summed E-state index contributed by atoms with van der Waals surface area (Å²) in [5.41, 5.74) is 3.15. The lowest BCUT2D eigenvalue weighted by Crippen LogP contribution is -2.38. The molecule has 1 unspecified atom stereocenters. The van der Waals surface area contributed by atoms with Gasteiger partial charge in [0.25, 0.3) is 11.8 Å². The zero-order chi connectivity index (χ0) is 18.1. The van der Waals surface area contributed by atoms with Crippen molar-refractivity contribution in [2.24, 2.45) is 0 Å². The van der Waals surface area contributed by atoms with Gasteiger partial charge >= 0.3 is 0 Å². The monoisotopic (exact) mass is 351 g/mol. The van der Waals surface area contributed by atoms with Crippen molar-refractivity contribution >= 4 is 11.8 Å². The summed E-state index contributed by atoms with van der Waals surface area (Å²) in [6, 6.07) is 15.0. The fourth-order valence-corrected chi connectivity index (χ4v) is 3.56. The molecule has 0 bridgehead atoms. The summed E-state index contributed by atoms with van der Waals surface area (Å²) in [5, 5.41) is 0. The molecular formula is C21H21NO4. The van der Waals surface area contributed by atoms with E-state index in [0.717, 1.165) is 17.5 Å². The molecule has 2 aromatic carbocycles. The Morgan fingerprint density at radius 1 is 1.00 bits per heavy atom. The van der Waals surface area contributed by atoms with Crippen LogP contribution >= 0.6 is 0 Å². The van der Waals surface area contributed by atoms with Gasteiger partial charge < -0.3 is 9.47 Å². The summed E-state index contributed by atoms with van der Waals surface area (Å²) in [6.45, 7) is 3.16. The molecule has 4 rings (SSSR count). The number of carbonyl (C=O) groups is 2. The Labute approximate surface area is 152 Å². The minimum absolute atomic E-state index is 0.162. The number of hydrogen-bond donors (Lipinski definition) is 0. The van der Waals surface area contributed by atoms with Crippen molar-refractivity contribution in [2.45, 2.75) is 32.1 Å². The van der Waals surface area contributed by atoms with Crippen LogP contribution in [0.25, 0.3) is 0 Å². The van der Waals surface area contributed by atoms with Crippen LogP contribution in [0.15, 0.2) is 48.5 Å². The van der Waals surface area contributed by atoms with Gasteiger partial charge in [-0.1, -0.05) is 36.4 Å². The van der Waals surface area contributed by atoms with E-state index in [1.807, 2.05) is 25.1 Å². The van der Waals surface area contributed by atoms with E-state index in [1.54, 1.807) is 24.3 Å². The van der Waals surface area contributed by atoms with Crippen molar-refractivity contribution in [3.63, 3.8) is 0 Å². The maximum atomic E-state index is 12.6. The fourth-order valence-electron chi connectivity index (χ4n) is 3.56. The standard InChI is InChI=1S/C21H21NO4/c1-14(22-19(23)17-7-2-3-8-18(17)20(22)24)9-10-15-5-4-6-16(13-15)21-25-11-12-26-21/h2-8,13-14,21H,9-12H2,1H3. The molecular weight excluding hydrogens is 330 g/mol. The molecule has 0 radical (unpaired) electrons. The Morgan fingerprint density at radius 2 is 1.65 bits per heavy atom. The number of fused-ring (bicyclic) bond motifs is 1. The molecule has 0 aliphatic carbocycles. The third-order valence-corrected chi connectivity index (χ3v) is 4.96. The van der Waals surface area contributed by atoms with E-state index in [9.17, 15) is 9.59 Å². The molecule has 2 heterocycles. The van der Waals surface area contributed by atoms with Crippen LogP contribution in [0, 0.1) is 0 Å². The van der Waals surface area contributed by atoms with Crippen molar-refractivity contribution in [2.75, 3.05) is 13.2 Å². The topological polar surface area (TPSA) is 55.8 Å². The molecule has 1 saturated heterocycles. The average molecular weight is 351 g/mol. The summed E-state index contributed by atoms with van der Waals surface area (Å²) in [7, 11) is 0. The molecule has 2 aromatic rings. The van der Waals surface area contributed by atoms with Crippen LogP contribution in [-0.4, -0.2) is 36.0 Å². The number of imide groups is 1. The molecule has 2 aliphatic heterocycles. The van der Waals surface area contributed by atoms with Crippen LogP contribution in [0.4, 0.5) is 0 Å². The highest BCUT2D eigenvalue weighted by Crippen LogP contribution is 2.27. The highest BCUT2D eigenvalue weighted by molar-refractivity contribution is 6.21. The Bertz CT molecular complexity index is 806. The number of hydrogen-bond acceptors (Lipinski definition) is 4. The second-order valence-electron chi connectivity index (χ2n) is 6.73. The Kier molecular flexibility index (Phi) is 4.57. The normalized spacial score (nSPS) is 18.4. The summed E-state index contributed by atoms with van der Waals surface area (Å²) in [6.07, 6.45) is 1.19. The second kappa shape index (κ2) is 7.02. The van der Waals surface area contributed by atoms with Crippen LogP contribution in [0.5, 0.6) is 0 Å².